The molecule has 0 aromatic heterocycles. The first-order chi connectivity index (χ1) is 34.7. The van der Waals surface area contributed by atoms with Crippen molar-refractivity contribution in [1.82, 2.24) is 0 Å². The molecule has 6 rings (SSSR count). The van der Waals surface area contributed by atoms with Crippen molar-refractivity contribution in [2.75, 3.05) is 0 Å². The Hall–Kier alpha value is -9.95. The van der Waals surface area contributed by atoms with Crippen LogP contribution in [0.5, 0.6) is 0 Å². The molecule has 0 fully saturated rings. The topological polar surface area (TPSA) is 214 Å². The molecule has 0 bridgehead atoms. The Kier molecular flexibility index (Phi) is 23.5. The third-order valence-electron chi connectivity index (χ3n) is 7.84. The molecule has 74 heavy (non-hydrogen) atoms. The number of rotatable bonds is 0. The van der Waals surface area contributed by atoms with Crippen molar-refractivity contribution in [2.24, 2.45) is 0 Å². The molecule has 0 unspecified atom stereocenters. The number of halogens is 20. The summed E-state index contributed by atoms with van der Waals surface area (Å²) in [5, 5.41) is 74.8. The third-order valence-corrected chi connectivity index (χ3v) is 8.47. The summed E-state index contributed by atoms with van der Waals surface area (Å²) in [6, 6.07) is 18.7. The monoisotopic (exact) mass is 1080 g/mol. The number of hydrogen-bond acceptors (Lipinski definition) is 9. The minimum atomic E-state index is -2.10. The fraction of sp³-hybridized carbons (Fsp3) is 0. The normalized spacial score (nSPS) is 9.23. The van der Waals surface area contributed by atoms with Gasteiger partial charge in [-0.25, -0.2) is 79.0 Å². The summed E-state index contributed by atoms with van der Waals surface area (Å²) in [6.07, 6.45) is 0. The molecule has 9 nitrogen and oxygen atoms in total. The molecule has 0 aliphatic rings. The predicted molar refractivity (Wildman–Crippen MR) is 210 cm³/mol. The predicted octanol–water partition coefficient (Wildman–Crippen LogP) is 12.8. The second-order valence-electron chi connectivity index (χ2n) is 12.1. The summed E-state index contributed by atoms with van der Waals surface area (Å²) < 4.78 is 226. The van der Waals surface area contributed by atoms with E-state index < -0.39 is 149 Å². The lowest BCUT2D eigenvalue weighted by Gasteiger charge is -2.01. The lowest BCUT2D eigenvalue weighted by molar-refractivity contribution is 0.406. The number of hydrogen-bond donors (Lipinski definition) is 0. The van der Waals surface area contributed by atoms with Crippen molar-refractivity contribution in [3.05, 3.63) is 207 Å². The van der Waals surface area contributed by atoms with Crippen molar-refractivity contribution in [1.29, 1.82) is 47.4 Å². The van der Waals surface area contributed by atoms with E-state index in [0.29, 0.717) is 15.6 Å². The minimum Gasteiger partial charge on any atom is -0.205 e. The first-order valence-electron chi connectivity index (χ1n) is 17.6. The largest absolute Gasteiger partial charge is 0.205 e. The number of benzene rings is 6. The Morgan fingerprint density at radius 1 is 0.230 bits per heavy atom. The van der Waals surface area contributed by atoms with Gasteiger partial charge in [-0.3, -0.25) is 0 Å². The van der Waals surface area contributed by atoms with Gasteiger partial charge in [0.1, 0.15) is 111 Å². The number of nitrogens with zero attached hydrogens (tertiary/aromatic N) is 9. The van der Waals surface area contributed by atoms with Crippen molar-refractivity contribution in [3.63, 3.8) is 0 Å². The van der Waals surface area contributed by atoms with Gasteiger partial charge in [-0.2, -0.15) is 47.4 Å². The van der Waals surface area contributed by atoms with Gasteiger partial charge < -0.3 is 0 Å². The van der Waals surface area contributed by atoms with E-state index in [1.54, 1.807) is 18.2 Å². The van der Waals surface area contributed by atoms with E-state index in [9.17, 15) is 79.0 Å². The smallest absolute Gasteiger partial charge is 0.198 e. The molecule has 0 atom stereocenters. The van der Waals surface area contributed by atoms with E-state index in [0.717, 1.165) is 54.6 Å². The fourth-order valence-electron chi connectivity index (χ4n) is 4.38. The lowest BCUT2D eigenvalue weighted by atomic mass is 10.1. The highest BCUT2D eigenvalue weighted by molar-refractivity contribution is 6.36. The molecule has 0 amide bonds. The summed E-state index contributed by atoms with van der Waals surface area (Å²) >= 11 is 11.2. The van der Waals surface area contributed by atoms with E-state index in [-0.39, 0.29) is 6.07 Å². The molecule has 6 aromatic rings. The zero-order chi connectivity index (χ0) is 57.1. The maximum absolute atomic E-state index is 12.9. The molecular formula is C45H7Cl2F18N9. The van der Waals surface area contributed by atoms with Gasteiger partial charge in [0.05, 0.1) is 15.6 Å². The van der Waals surface area contributed by atoms with E-state index in [4.69, 9.17) is 70.6 Å². The molecule has 0 aliphatic heterocycles. The molecular weight excluding hydrogens is 1080 g/mol. The Morgan fingerprint density at radius 2 is 0.446 bits per heavy atom. The Labute approximate surface area is 410 Å². The molecule has 0 spiro atoms. The van der Waals surface area contributed by atoms with Gasteiger partial charge >= 0.3 is 0 Å². The molecule has 0 saturated carbocycles. The quantitative estimate of drug-likeness (QED) is 0.0802. The molecule has 0 radical (unpaired) electrons. The van der Waals surface area contributed by atoms with Gasteiger partial charge in [0.2, 0.25) is 0 Å². The molecule has 0 aliphatic carbocycles. The minimum absolute atomic E-state index is 0.0471. The Bertz CT molecular complexity index is 3320. The average Bonchev–Trinajstić information content (AvgIpc) is 3.37. The van der Waals surface area contributed by atoms with E-state index in [1.165, 1.54) is 12.1 Å². The summed E-state index contributed by atoms with van der Waals surface area (Å²) in [5.41, 5.74) is -9.06. The van der Waals surface area contributed by atoms with Gasteiger partial charge in [-0.1, -0.05) is 35.3 Å². The van der Waals surface area contributed by atoms with Crippen LogP contribution in [-0.2, 0) is 0 Å². The van der Waals surface area contributed by atoms with E-state index in [2.05, 4.69) is 0 Å². The van der Waals surface area contributed by atoms with Gasteiger partial charge in [-0.05, 0) is 24.3 Å². The SMILES string of the molecule is N#Cc1c(Cl)cccc1Cl.N#Cc1c(F)c(F)c(C#N)c(F)c1F.N#Cc1c(F)c(F)c(F)c(C#N)c1F.N#Cc1c(F)c(F)c(F)c(F)c1C#N.N#Cc1c(F)c(F)cc(F)c1F.N#Cc1c(F)cccc1F. The van der Waals surface area contributed by atoms with Crippen LogP contribution in [0, 0.1) is 207 Å². The van der Waals surface area contributed by atoms with Crippen molar-refractivity contribution in [3.8, 4) is 54.6 Å². The fourth-order valence-corrected chi connectivity index (χ4v) is 4.86. The highest BCUT2D eigenvalue weighted by Gasteiger charge is 2.27. The Balaban J connectivity index is 0.000000446. The molecule has 6 aromatic carbocycles. The molecule has 29 heteroatoms. The molecule has 372 valence electrons. The van der Waals surface area contributed by atoms with Crippen LogP contribution in [0.4, 0.5) is 79.0 Å². The van der Waals surface area contributed by atoms with Crippen LogP contribution in [0.15, 0.2) is 42.5 Å². The van der Waals surface area contributed by atoms with Crippen molar-refractivity contribution in [2.45, 2.75) is 0 Å². The number of nitriles is 9. The van der Waals surface area contributed by atoms with Crippen LogP contribution >= 0.6 is 23.2 Å². The van der Waals surface area contributed by atoms with Crippen molar-refractivity contribution < 1.29 is 79.0 Å². The van der Waals surface area contributed by atoms with Crippen LogP contribution in [0.1, 0.15) is 50.1 Å². The first kappa shape index (κ1) is 62.1. The summed E-state index contributed by atoms with van der Waals surface area (Å²) in [6.45, 7) is 0. The summed E-state index contributed by atoms with van der Waals surface area (Å²) in [4.78, 5) is 0. The van der Waals surface area contributed by atoms with Crippen LogP contribution in [0.2, 0.25) is 10.0 Å². The van der Waals surface area contributed by atoms with Gasteiger partial charge in [-0.15, -0.1) is 0 Å². The zero-order valence-corrected chi connectivity index (χ0v) is 36.1. The maximum Gasteiger partial charge on any atom is 0.198 e. The van der Waals surface area contributed by atoms with E-state index in [1.807, 2.05) is 6.07 Å². The summed E-state index contributed by atoms with van der Waals surface area (Å²) in [7, 11) is 0. The molecule has 0 saturated heterocycles. The van der Waals surface area contributed by atoms with Crippen molar-refractivity contribution >= 4 is 23.2 Å². The van der Waals surface area contributed by atoms with Gasteiger partial charge in [0, 0.05) is 6.07 Å². The second-order valence-corrected chi connectivity index (χ2v) is 12.9. The van der Waals surface area contributed by atoms with Crippen LogP contribution in [0.25, 0.3) is 0 Å². The Morgan fingerprint density at radius 3 is 0.703 bits per heavy atom. The standard InChI is InChI=1S/3C8F4N2.C7H3Cl2N.C7HF4N.C7H3F2N/c9-5-3(1-13)6(10)8(12)4(2-14)7(5)11;9-5-3(1-13)6(10)8(12)7(11)4(5)2-14;9-5-3(1-13)4(2-14)6(10)8(12)7(5)11;8-6-2-1-3-7(9)5(6)4-10;8-4-1-5(9)7(11)3(2-12)6(4)10;8-6-2-1-3-7(9)5(6)4-10/h;;;1-3H;1H;1-3H. The highest BCUT2D eigenvalue weighted by atomic mass is 35.5. The van der Waals surface area contributed by atoms with Gasteiger partial charge in [0.25, 0.3) is 0 Å². The molecule has 0 N–H and O–H groups in total. The molecule has 0 heterocycles. The first-order valence-corrected chi connectivity index (χ1v) is 18.4. The maximum atomic E-state index is 12.9. The highest BCUT2D eigenvalue weighted by Crippen LogP contribution is 2.26. The van der Waals surface area contributed by atoms with Crippen LogP contribution < -0.4 is 0 Å². The third kappa shape index (κ3) is 14.1. The second kappa shape index (κ2) is 28.0. The average molecular weight is 1090 g/mol. The summed E-state index contributed by atoms with van der Waals surface area (Å²) in [5.74, 6) is -31.1. The zero-order valence-electron chi connectivity index (χ0n) is 34.6. The lowest BCUT2D eigenvalue weighted by Crippen LogP contribution is -2.04. The van der Waals surface area contributed by atoms with Crippen LogP contribution in [0.3, 0.4) is 0 Å². The van der Waals surface area contributed by atoms with Crippen LogP contribution in [-0.4, -0.2) is 0 Å². The van der Waals surface area contributed by atoms with E-state index >= 15 is 0 Å². The van der Waals surface area contributed by atoms with Gasteiger partial charge in [0.15, 0.2) is 93.1 Å².